The van der Waals surface area contributed by atoms with Gasteiger partial charge in [-0.1, -0.05) is 12.1 Å². The molecule has 4 rings (SSSR count). The van der Waals surface area contributed by atoms with Crippen LogP contribution in [0.5, 0.6) is 0 Å². The molecule has 0 amide bonds. The monoisotopic (exact) mass is 579 g/mol. The summed E-state index contributed by atoms with van der Waals surface area (Å²) < 4.78 is 44.7. The minimum absolute atomic E-state index is 0.117. The van der Waals surface area contributed by atoms with Crippen molar-refractivity contribution in [3.63, 3.8) is 0 Å². The molecule has 4 N–H and O–H groups in total. The number of nitrogens with two attached hydrogens (primary N) is 1. The van der Waals surface area contributed by atoms with Gasteiger partial charge < -0.3 is 20.4 Å². The minimum atomic E-state index is -4.53. The molecular weight excluding hydrogens is 536 g/mol. The molecule has 0 aromatic heterocycles. The van der Waals surface area contributed by atoms with Crippen molar-refractivity contribution in [1.29, 1.82) is 0 Å². The summed E-state index contributed by atoms with van der Waals surface area (Å²) in [6.07, 6.45) is 1.86. The predicted octanol–water partition coefficient (Wildman–Crippen LogP) is 4.94. The summed E-state index contributed by atoms with van der Waals surface area (Å²) in [5, 5.41) is 5.14. The smallest absolute Gasteiger partial charge is 0.295 e. The van der Waals surface area contributed by atoms with Crippen molar-refractivity contribution in [3.05, 3.63) is 65.5 Å². The number of hydrogen-bond donors (Lipinski definition) is 3. The van der Waals surface area contributed by atoms with Crippen LogP contribution >= 0.6 is 0 Å². The van der Waals surface area contributed by atoms with Crippen LogP contribution in [0.3, 0.4) is 0 Å². The van der Waals surface area contributed by atoms with Crippen LogP contribution < -0.4 is 25.9 Å². The van der Waals surface area contributed by atoms with Gasteiger partial charge >= 0.3 is 0 Å². The zero-order valence-electron chi connectivity index (χ0n) is 24.6. The first-order valence-corrected chi connectivity index (χ1v) is 16.0. The van der Waals surface area contributed by atoms with Crippen molar-refractivity contribution >= 4 is 26.8 Å². The van der Waals surface area contributed by atoms with E-state index in [0.29, 0.717) is 35.6 Å². The van der Waals surface area contributed by atoms with E-state index < -0.39 is 10.1 Å². The first-order chi connectivity index (χ1) is 19.7. The largest absolute Gasteiger partial charge is 0.456 e. The Morgan fingerprint density at radius 2 is 1.66 bits per heavy atom. The molecule has 2 aliphatic rings. The van der Waals surface area contributed by atoms with Gasteiger partial charge in [-0.25, -0.2) is 4.58 Å². The van der Waals surface area contributed by atoms with Crippen molar-refractivity contribution in [3.8, 4) is 22.5 Å². The lowest BCUT2D eigenvalue weighted by Gasteiger charge is -2.22. The second-order valence-corrected chi connectivity index (χ2v) is 11.6. The molecule has 41 heavy (non-hydrogen) atoms. The Bertz CT molecular complexity index is 1640. The Balaban J connectivity index is 1.98. The van der Waals surface area contributed by atoms with Gasteiger partial charge in [-0.2, -0.15) is 8.42 Å². The first kappa shape index (κ1) is 30.7. The van der Waals surface area contributed by atoms with Gasteiger partial charge in [-0.05, 0) is 83.5 Å². The average molecular weight is 580 g/mol. The van der Waals surface area contributed by atoms with Gasteiger partial charge in [0, 0.05) is 59.5 Å². The first-order valence-electron chi connectivity index (χ1n) is 14.6. The lowest BCUT2D eigenvalue weighted by molar-refractivity contribution is 0.483. The van der Waals surface area contributed by atoms with Crippen LogP contribution in [-0.2, 0) is 16.7 Å². The van der Waals surface area contributed by atoms with Crippen molar-refractivity contribution in [2.75, 3.05) is 44.2 Å². The summed E-state index contributed by atoms with van der Waals surface area (Å²) >= 11 is 0. The number of benzene rings is 3. The molecule has 0 fully saturated rings. The van der Waals surface area contributed by atoms with E-state index in [9.17, 15) is 13.0 Å². The van der Waals surface area contributed by atoms with Crippen LogP contribution in [0.2, 0.25) is 0 Å². The highest BCUT2D eigenvalue weighted by atomic mass is 32.2. The van der Waals surface area contributed by atoms with Crippen LogP contribution in [0.4, 0.5) is 5.69 Å². The van der Waals surface area contributed by atoms with Crippen molar-refractivity contribution in [2.45, 2.75) is 52.0 Å². The van der Waals surface area contributed by atoms with E-state index in [-0.39, 0.29) is 4.90 Å². The van der Waals surface area contributed by atoms with Crippen molar-refractivity contribution in [1.82, 2.24) is 9.89 Å². The SMILES string of the molecule is CCN(CC)c1ccc2c(-c3ccc(CNCCCCN)cc3S(=O)(=O)O)c3ccc(=[N+](CC)CC)cc-3oc2c1. The Labute approximate surface area is 243 Å². The maximum Gasteiger partial charge on any atom is 0.295 e. The highest BCUT2D eigenvalue weighted by Gasteiger charge is 2.25. The molecule has 0 saturated carbocycles. The summed E-state index contributed by atoms with van der Waals surface area (Å²) in [7, 11) is -4.53. The van der Waals surface area contributed by atoms with Crippen LogP contribution in [0.15, 0.2) is 63.9 Å². The van der Waals surface area contributed by atoms with E-state index in [0.717, 1.165) is 73.1 Å². The summed E-state index contributed by atoms with van der Waals surface area (Å²) in [4.78, 5) is 2.12. The fraction of sp³-hybridized carbons (Fsp3) is 0.406. The van der Waals surface area contributed by atoms with Crippen molar-refractivity contribution in [2.24, 2.45) is 5.73 Å². The quantitative estimate of drug-likeness (QED) is 0.0891. The molecule has 0 unspecified atom stereocenters. The number of rotatable bonds is 13. The second-order valence-electron chi connectivity index (χ2n) is 10.2. The Morgan fingerprint density at radius 3 is 2.32 bits per heavy atom. The molecule has 0 atom stereocenters. The fourth-order valence-corrected chi connectivity index (χ4v) is 6.20. The molecule has 0 spiro atoms. The summed E-state index contributed by atoms with van der Waals surface area (Å²) in [5.41, 5.74) is 9.97. The topological polar surface area (TPSA) is 112 Å². The minimum Gasteiger partial charge on any atom is -0.456 e. The maximum atomic E-state index is 12.8. The average Bonchev–Trinajstić information content (AvgIpc) is 2.96. The Kier molecular flexibility index (Phi) is 10.2. The van der Waals surface area contributed by atoms with Crippen LogP contribution in [-0.4, -0.2) is 52.2 Å². The lowest BCUT2D eigenvalue weighted by atomic mass is 9.92. The molecule has 0 radical (unpaired) electrons. The van der Waals surface area contributed by atoms with Gasteiger partial charge in [0.1, 0.15) is 29.3 Å². The number of hydrogen-bond acceptors (Lipinski definition) is 6. The fourth-order valence-electron chi connectivity index (χ4n) is 5.45. The summed E-state index contributed by atoms with van der Waals surface area (Å²) in [5.74, 6) is 0.653. The molecule has 2 aromatic rings. The van der Waals surface area contributed by atoms with Gasteiger partial charge in [0.25, 0.3) is 10.1 Å². The zero-order chi connectivity index (χ0) is 29.6. The number of anilines is 1. The molecule has 1 aliphatic heterocycles. The van der Waals surface area contributed by atoms with Gasteiger partial charge in [-0.15, -0.1) is 0 Å². The molecule has 8 nitrogen and oxygen atoms in total. The van der Waals surface area contributed by atoms with Crippen molar-refractivity contribution < 1.29 is 17.4 Å². The zero-order valence-corrected chi connectivity index (χ0v) is 25.4. The molecule has 1 aliphatic carbocycles. The number of fused-ring (bicyclic) bond motifs is 2. The molecular formula is C32H43N4O4S+. The van der Waals surface area contributed by atoms with Gasteiger partial charge in [0.05, 0.1) is 6.07 Å². The van der Waals surface area contributed by atoms with E-state index in [1.165, 1.54) is 0 Å². The van der Waals surface area contributed by atoms with Crippen LogP contribution in [0, 0.1) is 0 Å². The number of unbranched alkanes of at least 4 members (excludes halogenated alkanes) is 1. The Morgan fingerprint density at radius 1 is 0.927 bits per heavy atom. The lowest BCUT2D eigenvalue weighted by Crippen LogP contribution is -2.29. The van der Waals surface area contributed by atoms with E-state index >= 15 is 0 Å². The van der Waals surface area contributed by atoms with E-state index in [2.05, 4.69) is 42.5 Å². The highest BCUT2D eigenvalue weighted by molar-refractivity contribution is 7.86. The molecule has 0 bridgehead atoms. The normalized spacial score (nSPS) is 11.9. The van der Waals surface area contributed by atoms with Crippen LogP contribution in [0.25, 0.3) is 33.4 Å². The summed E-state index contributed by atoms with van der Waals surface area (Å²) in [6.45, 7) is 13.7. The number of nitrogens with one attached hydrogen (secondary N) is 1. The van der Waals surface area contributed by atoms with E-state index in [4.69, 9.17) is 10.2 Å². The second kappa shape index (κ2) is 13.6. The van der Waals surface area contributed by atoms with Gasteiger partial charge in [-0.3, -0.25) is 4.55 Å². The third-order valence-corrected chi connectivity index (χ3v) is 8.57. The maximum absolute atomic E-state index is 12.8. The van der Waals surface area contributed by atoms with E-state index in [1.807, 2.05) is 42.5 Å². The Hall–Kier alpha value is -3.24. The van der Waals surface area contributed by atoms with E-state index in [1.54, 1.807) is 12.1 Å². The van der Waals surface area contributed by atoms with Crippen LogP contribution in [0.1, 0.15) is 46.1 Å². The third kappa shape index (κ3) is 6.81. The molecule has 9 heteroatoms. The van der Waals surface area contributed by atoms with Gasteiger partial charge in [0.2, 0.25) is 5.36 Å². The molecule has 0 saturated heterocycles. The number of nitrogens with zero attached hydrogens (tertiary/aromatic N) is 2. The molecule has 220 valence electrons. The molecule has 2 aromatic carbocycles. The third-order valence-electron chi connectivity index (χ3n) is 7.68. The highest BCUT2D eigenvalue weighted by Crippen LogP contribution is 2.43. The summed E-state index contributed by atoms with van der Waals surface area (Å²) in [6, 6.07) is 17.4. The van der Waals surface area contributed by atoms with Gasteiger partial charge in [0.15, 0.2) is 0 Å². The standard InChI is InChI=1S/C32H42N4O4S/c1-5-35(6-2)24-12-15-26-29(20-24)40-30-21-25(36(7-3)8-4)13-16-27(30)32(26)28-14-11-23(19-31(28)41(37,38)39)22-34-18-10-9-17-33/h11-16,19-21,34H,5-10,17-18,22,33H2,1-4H3/p+1. The predicted molar refractivity (Wildman–Crippen MR) is 168 cm³/mol. The molecule has 1 heterocycles.